The molecule has 0 aromatic heterocycles. The van der Waals surface area contributed by atoms with Crippen LogP contribution in [0.2, 0.25) is 0 Å². The van der Waals surface area contributed by atoms with Crippen LogP contribution < -0.4 is 126 Å². The van der Waals surface area contributed by atoms with Gasteiger partial charge in [-0.1, -0.05) is 0 Å². The van der Waals surface area contributed by atoms with E-state index in [1.807, 2.05) is 0 Å². The molecule has 11 nitrogen and oxygen atoms in total. The molecule has 0 radical (unpaired) electrons. The van der Waals surface area contributed by atoms with Crippen LogP contribution in [0, 0.1) is 0 Å². The molecule has 0 amide bonds. The Labute approximate surface area is 289 Å². The average molecular weight is 593 g/mol. The van der Waals surface area contributed by atoms with Crippen LogP contribution >= 0.6 is 0 Å². The fourth-order valence-corrected chi connectivity index (χ4v) is 1.08. The summed E-state index contributed by atoms with van der Waals surface area (Å²) in [7, 11) is 0. The van der Waals surface area contributed by atoms with Crippen LogP contribution in [0.1, 0.15) is 6.92 Å². The van der Waals surface area contributed by atoms with Gasteiger partial charge in [0.05, 0.1) is 18.7 Å². The molecule has 1 aliphatic rings. The van der Waals surface area contributed by atoms with E-state index < -0.39 is 49.4 Å². The van der Waals surface area contributed by atoms with Gasteiger partial charge in [0.2, 0.25) is 0 Å². The number of aliphatic hydroxyl groups excluding tert-OH is 6. The van der Waals surface area contributed by atoms with Gasteiger partial charge in [0, 0.05) is 0 Å². The van der Waals surface area contributed by atoms with E-state index in [1.165, 1.54) is 0 Å². The van der Waals surface area contributed by atoms with Crippen molar-refractivity contribution in [3.8, 4) is 0 Å². The topological polar surface area (TPSA) is 234 Å². The largest absolute Gasteiger partial charge is 2.00 e. The van der Waals surface area contributed by atoms with Crippen molar-refractivity contribution in [3.05, 3.63) is 0 Å². The monoisotopic (exact) mass is 590 g/mol. The Balaban J connectivity index is -0.0000000157. The molecule has 0 aromatic carbocycles. The predicted octanol–water partition coefficient (Wildman–Crippen LogP) is -28.5. The van der Waals surface area contributed by atoms with Gasteiger partial charge < -0.3 is 118 Å². The van der Waals surface area contributed by atoms with Crippen molar-refractivity contribution in [2.75, 3.05) is 6.61 Å². The quantitative estimate of drug-likeness (QED) is 0.167. The molecule has 0 bridgehead atoms. The number of carboxylic acids is 1. The fourth-order valence-electron chi connectivity index (χ4n) is 1.08. The minimum Gasteiger partial charge on any atom is -1.00 e. The second-order valence-corrected chi connectivity index (χ2v) is 3.71. The third-order valence-electron chi connectivity index (χ3n) is 2.21. The third kappa shape index (κ3) is 32.6. The van der Waals surface area contributed by atoms with Crippen LogP contribution in [-0.4, -0.2) is 152 Å². The summed E-state index contributed by atoms with van der Waals surface area (Å²) in [6, 6.07) is 0. The van der Waals surface area contributed by atoms with Crippen molar-refractivity contribution in [1.82, 2.24) is 0 Å². The summed E-state index contributed by atoms with van der Waals surface area (Å²) in [6.45, 7) is 0.608. The number of hydrogen-bond donors (Lipinski definition) is 6. The fraction of sp³-hybridized carbons (Fsp3) is 0.889. The Bertz CT molecular complexity index is 294. The second kappa shape index (κ2) is 42.7. The number of halogens is 5. The van der Waals surface area contributed by atoms with E-state index >= 15 is 0 Å². The number of aliphatic hydroxyl groups is 6. The van der Waals surface area contributed by atoms with E-state index in [4.69, 9.17) is 30.6 Å². The Morgan fingerprint density at radius 3 is 1.41 bits per heavy atom. The van der Waals surface area contributed by atoms with Gasteiger partial charge in [0.1, 0.15) is 24.4 Å². The molecular weight excluding hydrogens is 572 g/mol. The molecule has 29 heavy (non-hydrogen) atoms. The van der Waals surface area contributed by atoms with E-state index in [0.29, 0.717) is 0 Å². The number of carboxylic acid groups (broad SMARTS) is 1. The van der Waals surface area contributed by atoms with Crippen LogP contribution in [0.25, 0.3) is 0 Å². The smallest absolute Gasteiger partial charge is 1.00 e. The first-order valence-electron chi connectivity index (χ1n) is 5.09. The number of rotatable bonds is 2. The summed E-state index contributed by atoms with van der Waals surface area (Å²) in [4.78, 5) is 9.34. The van der Waals surface area contributed by atoms with Gasteiger partial charge in [-0.25, -0.2) is 0 Å². The Kier molecular flexibility index (Phi) is 113. The van der Waals surface area contributed by atoms with Crippen molar-refractivity contribution in [2.45, 2.75) is 43.7 Å². The molecular formula is C9H21CaCl5MgNa2O11. The van der Waals surface area contributed by atoms with Gasteiger partial charge in [-0.2, -0.15) is 0 Å². The summed E-state index contributed by atoms with van der Waals surface area (Å²) >= 11 is 0. The van der Waals surface area contributed by atoms with Gasteiger partial charge in [-0.05, 0) is 6.92 Å². The maximum absolute atomic E-state index is 9.34. The molecule has 1 aliphatic heterocycles. The van der Waals surface area contributed by atoms with Crippen molar-refractivity contribution < 1.29 is 177 Å². The zero-order valence-electron chi connectivity index (χ0n) is 15.9. The van der Waals surface area contributed by atoms with Gasteiger partial charge in [0.15, 0.2) is 6.29 Å². The van der Waals surface area contributed by atoms with Crippen LogP contribution in [0.3, 0.4) is 0 Å². The summed E-state index contributed by atoms with van der Waals surface area (Å²) in [6.07, 6.45) is -8.38. The first-order chi connectivity index (χ1) is 8.22. The number of ether oxygens (including phenoxy) is 1. The molecule has 0 aromatic rings. The molecule has 6 unspecified atom stereocenters. The molecule has 0 aliphatic carbocycles. The van der Waals surface area contributed by atoms with Gasteiger partial charge >= 0.3 is 120 Å². The molecule has 1 saturated heterocycles. The second-order valence-electron chi connectivity index (χ2n) is 3.71. The maximum Gasteiger partial charge on any atom is 2.00 e. The number of carbonyl (C=O) groups is 1. The van der Waals surface area contributed by atoms with Crippen molar-refractivity contribution in [2.24, 2.45) is 0 Å². The van der Waals surface area contributed by atoms with Crippen molar-refractivity contribution >= 4 is 66.8 Å². The van der Waals surface area contributed by atoms with Crippen molar-refractivity contribution in [3.63, 3.8) is 0 Å². The zero-order valence-corrected chi connectivity index (χ0v) is 27.3. The summed E-state index contributed by atoms with van der Waals surface area (Å²) in [5.41, 5.74) is 0. The molecule has 1 heterocycles. The predicted molar refractivity (Wildman–Crippen MR) is 71.4 cm³/mol. The molecule has 20 heteroatoms. The van der Waals surface area contributed by atoms with E-state index in [0.717, 1.165) is 6.92 Å². The molecule has 1 fully saturated rings. The Morgan fingerprint density at radius 1 is 0.931 bits per heavy atom. The zero-order chi connectivity index (χ0) is 14.5. The van der Waals surface area contributed by atoms with Gasteiger partial charge in [-0.3, -0.25) is 0 Å². The molecule has 1 rings (SSSR count). The average Bonchev–Trinajstić information content (AvgIpc) is 2.31. The van der Waals surface area contributed by atoms with E-state index in [2.05, 4.69) is 4.74 Å². The van der Waals surface area contributed by atoms with Gasteiger partial charge in [0.25, 0.3) is 0 Å². The number of carbonyl (C=O) groups excluding carboxylic acids is 1. The Morgan fingerprint density at radius 2 is 1.21 bits per heavy atom. The van der Waals surface area contributed by atoms with Crippen LogP contribution in [0.4, 0.5) is 0 Å². The van der Waals surface area contributed by atoms with Crippen LogP contribution in [0.15, 0.2) is 0 Å². The SMILES string of the molecule is CC(O)C(=O)[O-].O.O.OCC1OC(O)C(O)C(O)C1O.[Ca+2].[Cl-].[Cl-].[Cl-].[Cl-].[Cl-].[Mg+2].[Na+].[Na+]. The minimum absolute atomic E-state index is 0. The third-order valence-corrected chi connectivity index (χ3v) is 2.21. The minimum atomic E-state index is -1.57. The molecule has 6 atom stereocenters. The molecule has 10 N–H and O–H groups in total. The first kappa shape index (κ1) is 76.5. The molecule has 0 saturated carbocycles. The summed E-state index contributed by atoms with van der Waals surface area (Å²) < 4.78 is 4.58. The first-order valence-corrected chi connectivity index (χ1v) is 5.09. The normalized spacial score (nSPS) is 23.2. The van der Waals surface area contributed by atoms with Crippen LogP contribution in [0.5, 0.6) is 0 Å². The standard InChI is InChI=1S/C6H12O6.C3H6O3.Ca.5ClH.Mg.2Na.2H2O/c7-1-2-3(8)4(9)5(10)6(11)12-2;1-2(4)3(5)6;;;;;;;;;;;/h2-11H,1H2;2,4H,1H3,(H,5,6);;5*1H;;;;2*1H2/q;;+2;;;;;;+2;2*+1;;/p-6. The van der Waals surface area contributed by atoms with E-state index in [1.54, 1.807) is 0 Å². The van der Waals surface area contributed by atoms with E-state index in [9.17, 15) is 9.90 Å². The van der Waals surface area contributed by atoms with Gasteiger partial charge in [-0.15, -0.1) is 0 Å². The Hall–Kier alpha value is 4.59. The van der Waals surface area contributed by atoms with E-state index in [-0.39, 0.29) is 193 Å². The summed E-state index contributed by atoms with van der Waals surface area (Å²) in [5, 5.41) is 62.0. The van der Waals surface area contributed by atoms with Crippen molar-refractivity contribution in [1.29, 1.82) is 0 Å². The molecule has 164 valence electrons. The number of aliphatic carboxylic acids is 1. The van der Waals surface area contributed by atoms with Crippen LogP contribution in [-0.2, 0) is 9.53 Å². The molecule has 0 spiro atoms. The maximum atomic E-state index is 9.34. The summed E-state index contributed by atoms with van der Waals surface area (Å²) in [5.74, 6) is -1.44. The number of hydrogen-bond acceptors (Lipinski definition) is 9.